The molecule has 5 nitrogen and oxygen atoms in total. The Morgan fingerprint density at radius 1 is 1.09 bits per heavy atom. The van der Waals surface area contributed by atoms with Crippen LogP contribution in [0.2, 0.25) is 5.02 Å². The third-order valence-electron chi connectivity index (χ3n) is 5.30. The van der Waals surface area contributed by atoms with Gasteiger partial charge in [0.1, 0.15) is 11.5 Å². The third-order valence-corrected chi connectivity index (χ3v) is 5.63. The van der Waals surface area contributed by atoms with Crippen molar-refractivity contribution in [2.24, 2.45) is 0 Å². The van der Waals surface area contributed by atoms with E-state index in [-0.39, 0.29) is 11.9 Å². The zero-order valence-electron chi connectivity index (χ0n) is 20.0. The normalized spacial score (nSPS) is 11.6. The van der Waals surface area contributed by atoms with Gasteiger partial charge in [-0.25, -0.2) is 9.78 Å². The van der Waals surface area contributed by atoms with E-state index in [0.29, 0.717) is 23.3 Å². The predicted molar refractivity (Wildman–Crippen MR) is 131 cm³/mol. The lowest BCUT2D eigenvalue weighted by molar-refractivity contribution is -0.158. The van der Waals surface area contributed by atoms with Gasteiger partial charge in [-0.3, -0.25) is 0 Å². The van der Waals surface area contributed by atoms with E-state index >= 15 is 0 Å². The number of halogens is 1. The van der Waals surface area contributed by atoms with E-state index in [9.17, 15) is 4.79 Å². The van der Waals surface area contributed by atoms with Crippen molar-refractivity contribution in [2.75, 3.05) is 6.61 Å². The lowest BCUT2D eigenvalue weighted by Crippen LogP contribution is -2.39. The molecule has 0 saturated carbocycles. The molecule has 0 amide bonds. The van der Waals surface area contributed by atoms with E-state index in [1.54, 1.807) is 20.8 Å². The van der Waals surface area contributed by atoms with Crippen molar-refractivity contribution in [1.29, 1.82) is 0 Å². The summed E-state index contributed by atoms with van der Waals surface area (Å²) in [6.45, 7) is 9.74. The fraction of sp³-hybridized carbons (Fsp3) is 0.407. The minimum Gasteiger partial charge on any atom is -0.476 e. The topological polar surface area (TPSA) is 61.6 Å². The predicted octanol–water partition coefficient (Wildman–Crippen LogP) is 7.01. The van der Waals surface area contributed by atoms with Gasteiger partial charge in [-0.2, -0.15) is 0 Å². The fourth-order valence-corrected chi connectivity index (χ4v) is 3.79. The molecular formula is C27H32ClNO4. The van der Waals surface area contributed by atoms with Gasteiger partial charge < -0.3 is 13.9 Å². The summed E-state index contributed by atoms with van der Waals surface area (Å²) in [5.41, 5.74) is 1.96. The first-order chi connectivity index (χ1) is 15.7. The fourth-order valence-electron chi connectivity index (χ4n) is 3.57. The lowest BCUT2D eigenvalue weighted by atomic mass is 10.0. The molecule has 0 spiro atoms. The molecule has 176 valence electrons. The van der Waals surface area contributed by atoms with Crippen molar-refractivity contribution in [1.82, 2.24) is 4.98 Å². The van der Waals surface area contributed by atoms with E-state index in [0.717, 1.165) is 36.3 Å². The standard InChI is InChI=1S/C27H32ClNO4/c1-6-31-26(30)27(4,5)33-20-16-14-19(15-17-20)10-9-13-23-24(18(2)3)32-25(29-23)21-11-7-8-12-22(21)28/h7-8,11-12,14-18H,6,9-10,13H2,1-5H3. The van der Waals surface area contributed by atoms with E-state index in [4.69, 9.17) is 30.5 Å². The molecule has 0 atom stereocenters. The summed E-state index contributed by atoms with van der Waals surface area (Å²) in [7, 11) is 0. The third kappa shape index (κ3) is 6.38. The van der Waals surface area contributed by atoms with Gasteiger partial charge in [0, 0.05) is 5.92 Å². The van der Waals surface area contributed by atoms with Crippen LogP contribution in [0.4, 0.5) is 0 Å². The minimum atomic E-state index is -1.03. The van der Waals surface area contributed by atoms with E-state index in [1.807, 2.05) is 48.5 Å². The van der Waals surface area contributed by atoms with Crippen molar-refractivity contribution in [3.63, 3.8) is 0 Å². The number of benzene rings is 2. The van der Waals surface area contributed by atoms with Gasteiger partial charge in [-0.15, -0.1) is 0 Å². The number of esters is 1. The largest absolute Gasteiger partial charge is 0.476 e. The second-order valence-electron chi connectivity index (χ2n) is 8.79. The molecule has 3 rings (SSSR count). The average molecular weight is 470 g/mol. The molecular weight excluding hydrogens is 438 g/mol. The van der Waals surface area contributed by atoms with Crippen LogP contribution in [0.1, 0.15) is 64.0 Å². The first-order valence-corrected chi connectivity index (χ1v) is 11.8. The van der Waals surface area contributed by atoms with E-state index in [1.165, 1.54) is 5.56 Å². The van der Waals surface area contributed by atoms with Gasteiger partial charge in [0.05, 0.1) is 22.9 Å². The number of oxazole rings is 1. The quantitative estimate of drug-likeness (QED) is 0.299. The molecule has 0 aliphatic carbocycles. The van der Waals surface area contributed by atoms with Crippen LogP contribution in [0.15, 0.2) is 52.9 Å². The Bertz CT molecular complexity index is 1070. The summed E-state index contributed by atoms with van der Waals surface area (Å²) in [5, 5.41) is 0.633. The number of nitrogens with zero attached hydrogens (tertiary/aromatic N) is 1. The molecule has 6 heteroatoms. The smallest absolute Gasteiger partial charge is 0.349 e. The molecule has 0 fully saturated rings. The van der Waals surface area contributed by atoms with Crippen LogP contribution in [-0.4, -0.2) is 23.2 Å². The van der Waals surface area contributed by atoms with Gasteiger partial charge in [-0.1, -0.05) is 49.7 Å². The molecule has 0 N–H and O–H groups in total. The maximum Gasteiger partial charge on any atom is 0.349 e. The maximum absolute atomic E-state index is 12.0. The second-order valence-corrected chi connectivity index (χ2v) is 9.20. The Morgan fingerprint density at radius 2 is 1.79 bits per heavy atom. The average Bonchev–Trinajstić information content (AvgIpc) is 3.19. The van der Waals surface area contributed by atoms with E-state index in [2.05, 4.69) is 13.8 Å². The van der Waals surface area contributed by atoms with E-state index < -0.39 is 5.60 Å². The van der Waals surface area contributed by atoms with Crippen LogP contribution in [0.25, 0.3) is 11.5 Å². The summed E-state index contributed by atoms with van der Waals surface area (Å²) >= 11 is 6.33. The Balaban J connectivity index is 1.62. The van der Waals surface area contributed by atoms with Gasteiger partial charge in [0.25, 0.3) is 0 Å². The Kier molecular flexibility index (Phi) is 8.20. The van der Waals surface area contributed by atoms with Crippen molar-refractivity contribution in [3.05, 3.63) is 70.6 Å². The zero-order valence-corrected chi connectivity index (χ0v) is 20.7. The summed E-state index contributed by atoms with van der Waals surface area (Å²) < 4.78 is 17.0. The highest BCUT2D eigenvalue weighted by Gasteiger charge is 2.31. The van der Waals surface area contributed by atoms with Crippen molar-refractivity contribution in [2.45, 2.75) is 65.4 Å². The molecule has 0 radical (unpaired) electrons. The van der Waals surface area contributed by atoms with Gasteiger partial charge in [0.15, 0.2) is 5.60 Å². The molecule has 33 heavy (non-hydrogen) atoms. The van der Waals surface area contributed by atoms with Crippen LogP contribution >= 0.6 is 11.6 Å². The molecule has 3 aromatic rings. The van der Waals surface area contributed by atoms with Crippen LogP contribution in [0, 0.1) is 0 Å². The van der Waals surface area contributed by atoms with Crippen molar-refractivity contribution >= 4 is 17.6 Å². The van der Waals surface area contributed by atoms with Crippen LogP contribution in [0.3, 0.4) is 0 Å². The Hall–Kier alpha value is -2.79. The molecule has 2 aromatic carbocycles. The number of aromatic nitrogens is 1. The summed E-state index contributed by atoms with van der Waals surface area (Å²) in [6, 6.07) is 15.4. The first kappa shape index (κ1) is 24.8. The highest BCUT2D eigenvalue weighted by molar-refractivity contribution is 6.33. The SMILES string of the molecule is CCOC(=O)C(C)(C)Oc1ccc(CCCc2nc(-c3ccccc3Cl)oc2C(C)C)cc1. The van der Waals surface area contributed by atoms with Crippen LogP contribution in [0.5, 0.6) is 5.75 Å². The number of hydrogen-bond donors (Lipinski definition) is 0. The van der Waals surface area contributed by atoms with Gasteiger partial charge >= 0.3 is 5.97 Å². The lowest BCUT2D eigenvalue weighted by Gasteiger charge is -2.24. The summed E-state index contributed by atoms with van der Waals surface area (Å²) in [4.78, 5) is 16.8. The Morgan fingerprint density at radius 3 is 2.42 bits per heavy atom. The number of carbonyl (C=O) groups excluding carboxylic acids is 1. The zero-order chi connectivity index (χ0) is 24.0. The van der Waals surface area contributed by atoms with Crippen molar-refractivity contribution < 1.29 is 18.7 Å². The van der Waals surface area contributed by atoms with Gasteiger partial charge in [0.2, 0.25) is 5.89 Å². The number of aryl methyl sites for hydroxylation is 2. The molecule has 1 aromatic heterocycles. The van der Waals surface area contributed by atoms with Crippen molar-refractivity contribution in [3.8, 4) is 17.2 Å². The molecule has 1 heterocycles. The molecule has 0 unspecified atom stereocenters. The molecule has 0 bridgehead atoms. The van der Waals surface area contributed by atoms with Gasteiger partial charge in [-0.05, 0) is 69.9 Å². The number of hydrogen-bond acceptors (Lipinski definition) is 5. The molecule has 0 aliphatic heterocycles. The summed E-state index contributed by atoms with van der Waals surface area (Å²) in [6.07, 6.45) is 2.64. The number of carbonyl (C=O) groups is 1. The number of ether oxygens (including phenoxy) is 2. The highest BCUT2D eigenvalue weighted by atomic mass is 35.5. The molecule has 0 saturated heterocycles. The number of rotatable bonds is 10. The minimum absolute atomic E-state index is 0.239. The first-order valence-electron chi connectivity index (χ1n) is 11.4. The maximum atomic E-state index is 12.0. The second kappa shape index (κ2) is 10.9. The molecule has 0 aliphatic rings. The monoisotopic (exact) mass is 469 g/mol. The summed E-state index contributed by atoms with van der Waals surface area (Å²) in [5.74, 6) is 1.99. The van der Waals surface area contributed by atoms with Crippen LogP contribution < -0.4 is 4.74 Å². The van der Waals surface area contributed by atoms with Crippen LogP contribution in [-0.2, 0) is 22.4 Å². The Labute approximate surface area is 201 Å². The highest BCUT2D eigenvalue weighted by Crippen LogP contribution is 2.32.